The molecule has 3 rings (SSSR count). The molecule has 1 N–H and O–H groups in total. The van der Waals surface area contributed by atoms with Gasteiger partial charge in [-0.1, -0.05) is 11.8 Å². The van der Waals surface area contributed by atoms with E-state index >= 15 is 0 Å². The Bertz CT molecular complexity index is 653. The molecule has 0 saturated carbocycles. The van der Waals surface area contributed by atoms with Gasteiger partial charge >= 0.3 is 0 Å². The van der Waals surface area contributed by atoms with Crippen molar-refractivity contribution in [1.29, 1.82) is 0 Å². The minimum Gasteiger partial charge on any atom is -0.474 e. The van der Waals surface area contributed by atoms with Crippen LogP contribution in [0.5, 0.6) is 11.8 Å². The van der Waals surface area contributed by atoms with Gasteiger partial charge in [-0.15, -0.1) is 0 Å². The van der Waals surface area contributed by atoms with Crippen LogP contribution in [0.4, 0.5) is 5.82 Å². The van der Waals surface area contributed by atoms with E-state index < -0.39 is 0 Å². The smallest absolute Gasteiger partial charge is 0.257 e. The van der Waals surface area contributed by atoms with Crippen LogP contribution in [0, 0.1) is 0 Å². The Morgan fingerprint density at radius 3 is 2.71 bits per heavy atom. The van der Waals surface area contributed by atoms with E-state index in [1.54, 1.807) is 24.7 Å². The Hall–Kier alpha value is -2.13. The summed E-state index contributed by atoms with van der Waals surface area (Å²) < 4.78 is 11.4. The summed E-state index contributed by atoms with van der Waals surface area (Å²) in [7, 11) is 0. The van der Waals surface area contributed by atoms with E-state index in [9.17, 15) is 0 Å². The fourth-order valence-electron chi connectivity index (χ4n) is 2.30. The van der Waals surface area contributed by atoms with Crippen LogP contribution in [0.15, 0.2) is 29.8 Å². The lowest BCUT2D eigenvalue weighted by Crippen LogP contribution is -2.44. The molecule has 128 valence electrons. The number of anilines is 1. The molecule has 2 aromatic rings. The first kappa shape index (κ1) is 16.7. The molecule has 0 radical (unpaired) electrons. The van der Waals surface area contributed by atoms with Gasteiger partial charge in [-0.05, 0) is 6.26 Å². The molecule has 9 heteroatoms. The van der Waals surface area contributed by atoms with E-state index in [1.165, 1.54) is 11.8 Å². The molecule has 0 amide bonds. The van der Waals surface area contributed by atoms with Gasteiger partial charge in [-0.2, -0.15) is 4.98 Å². The maximum absolute atomic E-state index is 5.76. The van der Waals surface area contributed by atoms with Crippen molar-refractivity contribution in [1.82, 2.24) is 25.3 Å². The zero-order valence-corrected chi connectivity index (χ0v) is 14.3. The Labute approximate surface area is 145 Å². The van der Waals surface area contributed by atoms with Crippen molar-refractivity contribution in [2.75, 3.05) is 50.5 Å². The summed E-state index contributed by atoms with van der Waals surface area (Å²) in [4.78, 5) is 19.2. The Morgan fingerprint density at radius 2 is 1.88 bits per heavy atom. The molecule has 0 spiro atoms. The molecule has 3 heterocycles. The molecule has 0 unspecified atom stereocenters. The van der Waals surface area contributed by atoms with E-state index in [4.69, 9.17) is 9.47 Å². The van der Waals surface area contributed by atoms with E-state index in [1.807, 2.05) is 6.26 Å². The first-order chi connectivity index (χ1) is 11.9. The summed E-state index contributed by atoms with van der Waals surface area (Å²) >= 11 is 1.47. The summed E-state index contributed by atoms with van der Waals surface area (Å²) in [6.07, 6.45) is 6.93. The molecular weight excluding hydrogens is 328 g/mol. The number of nitrogens with zero attached hydrogens (tertiary/aromatic N) is 5. The Balaban J connectivity index is 1.53. The molecule has 8 nitrogen and oxygen atoms in total. The van der Waals surface area contributed by atoms with Crippen molar-refractivity contribution in [3.8, 4) is 11.8 Å². The molecule has 1 fully saturated rings. The van der Waals surface area contributed by atoms with Gasteiger partial charge in [0.25, 0.3) is 5.88 Å². The van der Waals surface area contributed by atoms with Crippen LogP contribution in [0.2, 0.25) is 0 Å². The summed E-state index contributed by atoms with van der Waals surface area (Å²) in [5, 5.41) is 4.00. The average Bonchev–Trinajstić information content (AvgIpc) is 2.66. The highest BCUT2D eigenvalue weighted by molar-refractivity contribution is 7.98. The predicted molar refractivity (Wildman–Crippen MR) is 91.9 cm³/mol. The molecule has 0 atom stereocenters. The summed E-state index contributed by atoms with van der Waals surface area (Å²) in [5.41, 5.74) is 0. The lowest BCUT2D eigenvalue weighted by Gasteiger charge is -2.28. The van der Waals surface area contributed by atoms with Crippen molar-refractivity contribution in [2.24, 2.45) is 0 Å². The quantitative estimate of drug-likeness (QED) is 0.445. The Kier molecular flexibility index (Phi) is 6.02. The minimum absolute atomic E-state index is 0.371. The van der Waals surface area contributed by atoms with Crippen LogP contribution >= 0.6 is 11.8 Å². The van der Waals surface area contributed by atoms with Crippen LogP contribution < -0.4 is 19.7 Å². The zero-order valence-electron chi connectivity index (χ0n) is 13.5. The molecule has 2 aromatic heterocycles. The third-order valence-electron chi connectivity index (χ3n) is 3.43. The Morgan fingerprint density at radius 1 is 1.08 bits per heavy atom. The lowest BCUT2D eigenvalue weighted by molar-refractivity contribution is 0.205. The molecular formula is C15H20N6O2S. The minimum atomic E-state index is 0.371. The molecule has 24 heavy (non-hydrogen) atoms. The maximum atomic E-state index is 5.76. The molecule has 1 saturated heterocycles. The number of aromatic nitrogens is 4. The third kappa shape index (κ3) is 4.45. The van der Waals surface area contributed by atoms with Crippen molar-refractivity contribution < 1.29 is 9.47 Å². The topological polar surface area (TPSA) is 85.3 Å². The summed E-state index contributed by atoms with van der Waals surface area (Å²) in [6, 6.07) is 1.73. The number of rotatable bonds is 7. The van der Waals surface area contributed by atoms with Crippen LogP contribution in [0.3, 0.4) is 0 Å². The van der Waals surface area contributed by atoms with Gasteiger partial charge in [0.15, 0.2) is 11.0 Å². The van der Waals surface area contributed by atoms with Crippen LogP contribution in [0.25, 0.3) is 0 Å². The zero-order chi connectivity index (χ0) is 16.6. The normalized spacial score (nSPS) is 14.5. The second-order valence-electron chi connectivity index (χ2n) is 5.00. The first-order valence-corrected chi connectivity index (χ1v) is 8.98. The van der Waals surface area contributed by atoms with Gasteiger partial charge in [-0.25, -0.2) is 15.0 Å². The molecule has 0 bridgehead atoms. The SMILES string of the molecule is CSc1nccc(OCCOc2nccnc2N2CCNCC2)n1. The number of nitrogens with one attached hydrogen (secondary N) is 1. The van der Waals surface area contributed by atoms with Gasteiger partial charge in [-0.3, -0.25) is 0 Å². The average molecular weight is 348 g/mol. The number of hydrogen-bond donors (Lipinski definition) is 1. The number of piperazine rings is 1. The van der Waals surface area contributed by atoms with Crippen molar-refractivity contribution >= 4 is 17.6 Å². The van der Waals surface area contributed by atoms with Crippen LogP contribution in [-0.4, -0.2) is 65.6 Å². The summed E-state index contributed by atoms with van der Waals surface area (Å²) in [6.45, 7) is 4.40. The van der Waals surface area contributed by atoms with Crippen LogP contribution in [-0.2, 0) is 0 Å². The van der Waals surface area contributed by atoms with Gasteiger partial charge in [0, 0.05) is 50.8 Å². The maximum Gasteiger partial charge on any atom is 0.257 e. The lowest BCUT2D eigenvalue weighted by atomic mass is 10.3. The predicted octanol–water partition coefficient (Wildman–Crippen LogP) is 0.856. The van der Waals surface area contributed by atoms with Gasteiger partial charge in [0.05, 0.1) is 0 Å². The van der Waals surface area contributed by atoms with Gasteiger partial charge < -0.3 is 19.7 Å². The third-order valence-corrected chi connectivity index (χ3v) is 3.99. The standard InChI is InChI=1S/C15H20N6O2S/c1-24-15-19-3-2-12(20-15)22-10-11-23-14-13(17-4-5-18-14)21-8-6-16-7-9-21/h2-5,16H,6-11H2,1H3. The first-order valence-electron chi connectivity index (χ1n) is 7.76. The van der Waals surface area contributed by atoms with Gasteiger partial charge in [0.1, 0.15) is 13.2 Å². The van der Waals surface area contributed by atoms with Crippen LogP contribution in [0.1, 0.15) is 0 Å². The highest BCUT2D eigenvalue weighted by atomic mass is 32.2. The fraction of sp³-hybridized carbons (Fsp3) is 0.467. The van der Waals surface area contributed by atoms with E-state index in [2.05, 4.69) is 30.2 Å². The van der Waals surface area contributed by atoms with Crippen molar-refractivity contribution in [3.63, 3.8) is 0 Å². The highest BCUT2D eigenvalue weighted by Crippen LogP contribution is 2.22. The number of hydrogen-bond acceptors (Lipinski definition) is 9. The molecule has 0 aliphatic carbocycles. The number of thioether (sulfide) groups is 1. The van der Waals surface area contributed by atoms with Gasteiger partial charge in [0.2, 0.25) is 5.88 Å². The second-order valence-corrected chi connectivity index (χ2v) is 5.77. The van der Waals surface area contributed by atoms with Crippen molar-refractivity contribution in [2.45, 2.75) is 5.16 Å². The van der Waals surface area contributed by atoms with E-state index in [0.29, 0.717) is 30.1 Å². The molecule has 1 aliphatic rings. The summed E-state index contributed by atoms with van der Waals surface area (Å²) in [5.74, 6) is 1.86. The molecule has 1 aliphatic heterocycles. The fourth-order valence-corrected chi connectivity index (χ4v) is 2.65. The van der Waals surface area contributed by atoms with E-state index in [0.717, 1.165) is 32.0 Å². The monoisotopic (exact) mass is 348 g/mol. The molecule has 0 aromatic carbocycles. The number of ether oxygens (including phenoxy) is 2. The van der Waals surface area contributed by atoms with Crippen molar-refractivity contribution in [3.05, 3.63) is 24.7 Å². The second kappa shape index (κ2) is 8.65. The largest absolute Gasteiger partial charge is 0.474 e. The van der Waals surface area contributed by atoms with E-state index in [-0.39, 0.29) is 0 Å². The highest BCUT2D eigenvalue weighted by Gasteiger charge is 2.17.